The molecule has 1 fully saturated rings. The fourth-order valence-electron chi connectivity index (χ4n) is 3.27. The highest BCUT2D eigenvalue weighted by atomic mass is 16.5. The first-order valence-corrected chi connectivity index (χ1v) is 9.41. The van der Waals surface area contributed by atoms with E-state index in [0.717, 1.165) is 38.0 Å². The molecule has 1 aromatic carbocycles. The molecule has 2 aromatic rings. The van der Waals surface area contributed by atoms with Crippen molar-refractivity contribution in [1.29, 1.82) is 0 Å². The van der Waals surface area contributed by atoms with Crippen LogP contribution in [-0.4, -0.2) is 40.6 Å². The molecule has 1 saturated heterocycles. The van der Waals surface area contributed by atoms with Crippen LogP contribution < -0.4 is 5.32 Å². The predicted octanol–water partition coefficient (Wildman–Crippen LogP) is 3.03. The zero-order valence-corrected chi connectivity index (χ0v) is 15.9. The molecule has 1 N–H and O–H groups in total. The third kappa shape index (κ3) is 4.91. The molecule has 0 radical (unpaired) electrons. The van der Waals surface area contributed by atoms with E-state index in [1.165, 1.54) is 5.56 Å². The van der Waals surface area contributed by atoms with Crippen molar-refractivity contribution in [2.75, 3.05) is 19.6 Å². The van der Waals surface area contributed by atoms with Crippen LogP contribution in [-0.2, 0) is 11.3 Å². The molecular formula is C20H28N4O2. The largest absolute Gasteiger partial charge is 0.356 e. The van der Waals surface area contributed by atoms with E-state index in [0.29, 0.717) is 24.2 Å². The second-order valence-electron chi connectivity index (χ2n) is 7.59. The summed E-state index contributed by atoms with van der Waals surface area (Å²) in [5.74, 6) is 1.89. The van der Waals surface area contributed by atoms with Crippen molar-refractivity contribution in [1.82, 2.24) is 20.4 Å². The normalized spacial score (nSPS) is 18.2. The maximum Gasteiger partial charge on any atom is 0.241 e. The minimum Gasteiger partial charge on any atom is -0.356 e. The number of hydrogen-bond donors (Lipinski definition) is 1. The van der Waals surface area contributed by atoms with Gasteiger partial charge >= 0.3 is 0 Å². The van der Waals surface area contributed by atoms with Gasteiger partial charge in [-0.1, -0.05) is 42.8 Å². The van der Waals surface area contributed by atoms with Gasteiger partial charge in [0.25, 0.3) is 0 Å². The summed E-state index contributed by atoms with van der Waals surface area (Å²) in [6, 6.07) is 8.07. The van der Waals surface area contributed by atoms with E-state index in [1.807, 2.05) is 31.2 Å². The van der Waals surface area contributed by atoms with Gasteiger partial charge in [0.1, 0.15) is 0 Å². The van der Waals surface area contributed by atoms with Crippen molar-refractivity contribution in [3.63, 3.8) is 0 Å². The third-order valence-electron chi connectivity index (χ3n) is 4.66. The number of hydrogen-bond acceptors (Lipinski definition) is 5. The van der Waals surface area contributed by atoms with Gasteiger partial charge in [-0.25, -0.2) is 0 Å². The van der Waals surface area contributed by atoms with Crippen molar-refractivity contribution >= 4 is 5.91 Å². The number of aryl methyl sites for hydroxylation is 1. The van der Waals surface area contributed by atoms with E-state index >= 15 is 0 Å². The minimum absolute atomic E-state index is 0.0432. The second kappa shape index (κ2) is 8.45. The summed E-state index contributed by atoms with van der Waals surface area (Å²) >= 11 is 0. The lowest BCUT2D eigenvalue weighted by atomic mass is 9.97. The van der Waals surface area contributed by atoms with Crippen LogP contribution in [0.15, 0.2) is 28.8 Å². The van der Waals surface area contributed by atoms with E-state index < -0.39 is 0 Å². The molecule has 0 bridgehead atoms. The Morgan fingerprint density at radius 3 is 3.04 bits per heavy atom. The highest BCUT2D eigenvalue weighted by Gasteiger charge is 2.26. The molecule has 26 heavy (non-hydrogen) atoms. The van der Waals surface area contributed by atoms with E-state index in [-0.39, 0.29) is 11.8 Å². The number of aromatic nitrogens is 2. The molecule has 1 unspecified atom stereocenters. The predicted molar refractivity (Wildman–Crippen MR) is 100 cm³/mol. The van der Waals surface area contributed by atoms with Crippen LogP contribution in [0.3, 0.4) is 0 Å². The first-order chi connectivity index (χ1) is 12.5. The van der Waals surface area contributed by atoms with Gasteiger partial charge in [-0.2, -0.15) is 4.98 Å². The number of amides is 1. The monoisotopic (exact) mass is 356 g/mol. The van der Waals surface area contributed by atoms with E-state index in [1.54, 1.807) is 0 Å². The highest BCUT2D eigenvalue weighted by Crippen LogP contribution is 2.21. The average Bonchev–Trinajstić information content (AvgIpc) is 3.08. The molecule has 1 aromatic heterocycles. The molecule has 1 aliphatic rings. The lowest BCUT2D eigenvalue weighted by Crippen LogP contribution is -2.43. The number of rotatable bonds is 6. The van der Waals surface area contributed by atoms with Crippen LogP contribution in [0, 0.1) is 18.8 Å². The quantitative estimate of drug-likeness (QED) is 0.861. The summed E-state index contributed by atoms with van der Waals surface area (Å²) in [5, 5.41) is 7.15. The molecule has 1 amide bonds. The fraction of sp³-hybridized carbons (Fsp3) is 0.550. The van der Waals surface area contributed by atoms with Crippen molar-refractivity contribution in [3.05, 3.63) is 35.7 Å². The molecule has 6 nitrogen and oxygen atoms in total. The van der Waals surface area contributed by atoms with Gasteiger partial charge in [-0.05, 0) is 38.3 Å². The standard InChI is InChI=1S/C20H28N4O2/c1-14(2)11-21-20(25)17-8-5-9-24(12-17)13-18-22-19(23-26-18)16-7-4-6-15(3)10-16/h4,6-7,10,14,17H,5,8-9,11-13H2,1-3H3,(H,21,25). The Bertz CT molecular complexity index is 741. The number of nitrogens with zero attached hydrogens (tertiary/aromatic N) is 3. The first kappa shape index (κ1) is 18.6. The Hall–Kier alpha value is -2.21. The average molecular weight is 356 g/mol. The zero-order chi connectivity index (χ0) is 18.5. The topological polar surface area (TPSA) is 71.3 Å². The Balaban J connectivity index is 1.58. The van der Waals surface area contributed by atoms with Gasteiger partial charge in [-0.3, -0.25) is 9.69 Å². The number of piperidine rings is 1. The summed E-state index contributed by atoms with van der Waals surface area (Å²) in [4.78, 5) is 19.1. The number of carbonyl (C=O) groups is 1. The van der Waals surface area contributed by atoms with Gasteiger partial charge in [0.15, 0.2) is 0 Å². The number of benzene rings is 1. The molecule has 0 saturated carbocycles. The van der Waals surface area contributed by atoms with Crippen molar-refractivity contribution in [3.8, 4) is 11.4 Å². The smallest absolute Gasteiger partial charge is 0.241 e. The molecule has 1 aliphatic heterocycles. The van der Waals surface area contributed by atoms with Crippen LogP contribution in [0.25, 0.3) is 11.4 Å². The maximum absolute atomic E-state index is 12.3. The van der Waals surface area contributed by atoms with E-state index in [9.17, 15) is 4.79 Å². The second-order valence-corrected chi connectivity index (χ2v) is 7.59. The lowest BCUT2D eigenvalue weighted by Gasteiger charge is -2.31. The van der Waals surface area contributed by atoms with E-state index in [4.69, 9.17) is 4.52 Å². The number of nitrogens with one attached hydrogen (secondary N) is 1. The summed E-state index contributed by atoms with van der Waals surface area (Å²) in [5.41, 5.74) is 2.13. The Labute approximate surface area is 155 Å². The maximum atomic E-state index is 12.3. The molecule has 1 atom stereocenters. The minimum atomic E-state index is 0.0432. The van der Waals surface area contributed by atoms with E-state index in [2.05, 4.69) is 34.2 Å². The lowest BCUT2D eigenvalue weighted by molar-refractivity contribution is -0.127. The van der Waals surface area contributed by atoms with Crippen molar-refractivity contribution in [2.45, 2.75) is 40.2 Å². The summed E-state index contributed by atoms with van der Waals surface area (Å²) in [7, 11) is 0. The van der Waals surface area contributed by atoms with Crippen LogP contribution in [0.4, 0.5) is 0 Å². The summed E-state index contributed by atoms with van der Waals surface area (Å²) in [6.07, 6.45) is 1.96. The van der Waals surface area contributed by atoms with Gasteiger partial charge in [0, 0.05) is 18.7 Å². The van der Waals surface area contributed by atoms with Crippen LogP contribution in [0.2, 0.25) is 0 Å². The highest BCUT2D eigenvalue weighted by molar-refractivity contribution is 5.78. The Kier molecular flexibility index (Phi) is 6.04. The van der Waals surface area contributed by atoms with Crippen LogP contribution >= 0.6 is 0 Å². The zero-order valence-electron chi connectivity index (χ0n) is 15.9. The van der Waals surface area contributed by atoms with Crippen molar-refractivity contribution in [2.24, 2.45) is 11.8 Å². The SMILES string of the molecule is Cc1cccc(-c2noc(CN3CCCC(C(=O)NCC(C)C)C3)n2)c1. The van der Waals surface area contributed by atoms with Crippen molar-refractivity contribution < 1.29 is 9.32 Å². The summed E-state index contributed by atoms with van der Waals surface area (Å²) < 4.78 is 5.43. The first-order valence-electron chi connectivity index (χ1n) is 9.41. The Morgan fingerprint density at radius 1 is 1.42 bits per heavy atom. The molecular weight excluding hydrogens is 328 g/mol. The number of likely N-dealkylation sites (tertiary alicyclic amines) is 1. The van der Waals surface area contributed by atoms with Gasteiger partial charge in [0.05, 0.1) is 12.5 Å². The number of carbonyl (C=O) groups excluding carboxylic acids is 1. The molecule has 0 spiro atoms. The molecule has 2 heterocycles. The molecule has 6 heteroatoms. The molecule has 140 valence electrons. The van der Waals surface area contributed by atoms with Gasteiger partial charge < -0.3 is 9.84 Å². The Morgan fingerprint density at radius 2 is 2.27 bits per heavy atom. The van der Waals surface area contributed by atoms with Gasteiger partial charge in [0.2, 0.25) is 17.6 Å². The third-order valence-corrected chi connectivity index (χ3v) is 4.66. The molecule has 3 rings (SSSR count). The van der Waals surface area contributed by atoms with Crippen LogP contribution in [0.1, 0.15) is 38.1 Å². The van der Waals surface area contributed by atoms with Gasteiger partial charge in [-0.15, -0.1) is 0 Å². The van der Waals surface area contributed by atoms with Crippen LogP contribution in [0.5, 0.6) is 0 Å². The summed E-state index contributed by atoms with van der Waals surface area (Å²) in [6.45, 7) is 9.28. The fourth-order valence-corrected chi connectivity index (χ4v) is 3.27. The molecule has 0 aliphatic carbocycles.